The highest BCUT2D eigenvalue weighted by Gasteiger charge is 2.50. The molecule has 6 heteroatoms. The molecular formula is C27H26O6. The van der Waals surface area contributed by atoms with Crippen molar-refractivity contribution in [1.82, 2.24) is 0 Å². The summed E-state index contributed by atoms with van der Waals surface area (Å²) in [6.07, 6.45) is -2.76. The first-order valence-corrected chi connectivity index (χ1v) is 11.3. The smallest absolute Gasteiger partial charge is 0.184 e. The van der Waals surface area contributed by atoms with Crippen molar-refractivity contribution in [3.8, 4) is 0 Å². The molecule has 3 fully saturated rings. The van der Waals surface area contributed by atoms with Gasteiger partial charge in [-0.2, -0.15) is 0 Å². The molecule has 3 aliphatic rings. The Morgan fingerprint density at radius 1 is 0.424 bits per heavy atom. The van der Waals surface area contributed by atoms with E-state index in [4.69, 9.17) is 28.4 Å². The van der Waals surface area contributed by atoms with Gasteiger partial charge in [-0.15, -0.1) is 0 Å². The molecule has 3 saturated heterocycles. The zero-order chi connectivity index (χ0) is 22.0. The van der Waals surface area contributed by atoms with Crippen LogP contribution in [0.4, 0.5) is 0 Å². The third kappa shape index (κ3) is 4.34. The number of hydrogen-bond donors (Lipinski definition) is 0. The standard InChI is InChI=1S/C27H26O6/c1-4-10-18(11-5-1)25-28-16-21(30-25)24-23-22(31-27(33-24)20-14-8-3-9-15-20)17-29-26(32-23)19-12-6-2-7-13-19/h1-15,21-27H,16-17H2/t21-,22+,23-,24-,25?,26?,27?/m1/s1. The highest BCUT2D eigenvalue weighted by Crippen LogP contribution is 2.41. The maximum absolute atomic E-state index is 6.49. The van der Waals surface area contributed by atoms with Gasteiger partial charge in [-0.3, -0.25) is 0 Å². The molecule has 33 heavy (non-hydrogen) atoms. The Hall–Kier alpha value is -2.58. The first kappa shape index (κ1) is 21.0. The van der Waals surface area contributed by atoms with Crippen molar-refractivity contribution in [3.05, 3.63) is 108 Å². The van der Waals surface area contributed by atoms with E-state index in [1.54, 1.807) is 0 Å². The van der Waals surface area contributed by atoms with Crippen molar-refractivity contribution in [2.45, 2.75) is 43.3 Å². The van der Waals surface area contributed by atoms with Gasteiger partial charge in [0.1, 0.15) is 24.4 Å². The lowest BCUT2D eigenvalue weighted by molar-refractivity contribution is -0.373. The van der Waals surface area contributed by atoms with E-state index < -0.39 is 18.9 Å². The molecule has 0 aromatic heterocycles. The zero-order valence-corrected chi connectivity index (χ0v) is 18.1. The summed E-state index contributed by atoms with van der Waals surface area (Å²) < 4.78 is 37.6. The quantitative estimate of drug-likeness (QED) is 0.579. The van der Waals surface area contributed by atoms with Crippen LogP contribution in [0.3, 0.4) is 0 Å². The Morgan fingerprint density at radius 2 is 0.788 bits per heavy atom. The normalized spacial score (nSPS) is 34.0. The summed E-state index contributed by atoms with van der Waals surface area (Å²) in [5, 5.41) is 0. The van der Waals surface area contributed by atoms with E-state index >= 15 is 0 Å². The Morgan fingerprint density at radius 3 is 1.27 bits per heavy atom. The van der Waals surface area contributed by atoms with Crippen LogP contribution in [0, 0.1) is 0 Å². The summed E-state index contributed by atoms with van der Waals surface area (Å²) in [5.74, 6) is 0. The van der Waals surface area contributed by atoms with Crippen molar-refractivity contribution in [2.24, 2.45) is 0 Å². The molecule has 0 radical (unpaired) electrons. The molecule has 0 N–H and O–H groups in total. The van der Waals surface area contributed by atoms with Crippen LogP contribution in [-0.4, -0.2) is 37.6 Å². The highest BCUT2D eigenvalue weighted by atomic mass is 16.8. The number of hydrogen-bond acceptors (Lipinski definition) is 6. The number of ether oxygens (including phenoxy) is 6. The van der Waals surface area contributed by atoms with Gasteiger partial charge in [0, 0.05) is 16.7 Å². The van der Waals surface area contributed by atoms with Crippen LogP contribution in [-0.2, 0) is 28.4 Å². The summed E-state index contributed by atoms with van der Waals surface area (Å²) in [4.78, 5) is 0. The van der Waals surface area contributed by atoms with E-state index in [0.717, 1.165) is 16.7 Å². The molecule has 170 valence electrons. The van der Waals surface area contributed by atoms with Crippen molar-refractivity contribution >= 4 is 0 Å². The van der Waals surface area contributed by atoms with E-state index in [1.165, 1.54) is 0 Å². The van der Waals surface area contributed by atoms with Crippen LogP contribution in [0.25, 0.3) is 0 Å². The number of fused-ring (bicyclic) bond motifs is 1. The summed E-state index contributed by atoms with van der Waals surface area (Å²) in [6, 6.07) is 29.8. The molecule has 0 spiro atoms. The fourth-order valence-electron chi connectivity index (χ4n) is 4.59. The Kier molecular flexibility index (Phi) is 5.94. The summed E-state index contributed by atoms with van der Waals surface area (Å²) in [6.45, 7) is 0.818. The molecule has 0 amide bonds. The van der Waals surface area contributed by atoms with Gasteiger partial charge in [-0.05, 0) is 0 Å². The van der Waals surface area contributed by atoms with Crippen LogP contribution in [0.15, 0.2) is 91.0 Å². The predicted octanol–water partition coefficient (Wildman–Crippen LogP) is 4.70. The van der Waals surface area contributed by atoms with E-state index in [0.29, 0.717) is 13.2 Å². The van der Waals surface area contributed by atoms with Crippen LogP contribution in [0.1, 0.15) is 35.6 Å². The van der Waals surface area contributed by atoms with Crippen molar-refractivity contribution in [1.29, 1.82) is 0 Å². The topological polar surface area (TPSA) is 55.4 Å². The Balaban J connectivity index is 1.26. The second kappa shape index (κ2) is 9.35. The van der Waals surface area contributed by atoms with Gasteiger partial charge in [0.25, 0.3) is 0 Å². The van der Waals surface area contributed by atoms with Gasteiger partial charge in [0.2, 0.25) is 0 Å². The van der Waals surface area contributed by atoms with E-state index in [1.807, 2.05) is 91.0 Å². The molecule has 3 unspecified atom stereocenters. The molecule has 0 aliphatic carbocycles. The zero-order valence-electron chi connectivity index (χ0n) is 18.1. The molecule has 6 rings (SSSR count). The minimum atomic E-state index is -0.530. The average molecular weight is 446 g/mol. The maximum atomic E-state index is 6.49. The Bertz CT molecular complexity index is 1030. The lowest BCUT2D eigenvalue weighted by Gasteiger charge is -2.47. The minimum absolute atomic E-state index is 0.284. The van der Waals surface area contributed by atoms with Crippen LogP contribution < -0.4 is 0 Å². The fourth-order valence-corrected chi connectivity index (χ4v) is 4.59. The predicted molar refractivity (Wildman–Crippen MR) is 119 cm³/mol. The largest absolute Gasteiger partial charge is 0.346 e. The molecule has 0 saturated carbocycles. The first-order valence-electron chi connectivity index (χ1n) is 11.3. The minimum Gasteiger partial charge on any atom is -0.346 e. The van der Waals surface area contributed by atoms with E-state index in [9.17, 15) is 0 Å². The maximum Gasteiger partial charge on any atom is 0.184 e. The monoisotopic (exact) mass is 446 g/mol. The van der Waals surface area contributed by atoms with Crippen molar-refractivity contribution < 1.29 is 28.4 Å². The molecule has 3 aliphatic heterocycles. The third-order valence-electron chi connectivity index (χ3n) is 6.25. The first-order chi connectivity index (χ1) is 16.3. The van der Waals surface area contributed by atoms with Gasteiger partial charge in [0.15, 0.2) is 18.9 Å². The SMILES string of the molecule is c1ccc(C2OC[C@@H]3OC(c4ccccc4)O[C@H]([C@H]4COC(c5ccccc5)O4)[C@@H]3O2)cc1. The third-order valence-corrected chi connectivity index (χ3v) is 6.25. The van der Waals surface area contributed by atoms with E-state index in [2.05, 4.69) is 0 Å². The van der Waals surface area contributed by atoms with Gasteiger partial charge >= 0.3 is 0 Å². The number of rotatable bonds is 4. The van der Waals surface area contributed by atoms with Crippen molar-refractivity contribution in [2.75, 3.05) is 13.2 Å². The molecular weight excluding hydrogens is 420 g/mol. The van der Waals surface area contributed by atoms with Gasteiger partial charge in [0.05, 0.1) is 13.2 Å². The summed E-state index contributed by atoms with van der Waals surface area (Å²) in [7, 11) is 0. The van der Waals surface area contributed by atoms with Gasteiger partial charge in [-0.1, -0.05) is 91.0 Å². The van der Waals surface area contributed by atoms with Crippen LogP contribution in [0.5, 0.6) is 0 Å². The second-order valence-electron chi connectivity index (χ2n) is 8.44. The van der Waals surface area contributed by atoms with Crippen LogP contribution >= 0.6 is 0 Å². The molecule has 6 nitrogen and oxygen atoms in total. The molecule has 3 aromatic rings. The van der Waals surface area contributed by atoms with Gasteiger partial charge < -0.3 is 28.4 Å². The summed E-state index contributed by atoms with van der Waals surface area (Å²) >= 11 is 0. The second-order valence-corrected chi connectivity index (χ2v) is 8.44. The number of benzene rings is 3. The van der Waals surface area contributed by atoms with Gasteiger partial charge in [-0.25, -0.2) is 0 Å². The average Bonchev–Trinajstić information content (AvgIpc) is 3.39. The highest BCUT2D eigenvalue weighted by molar-refractivity contribution is 5.19. The molecule has 3 heterocycles. The van der Waals surface area contributed by atoms with E-state index in [-0.39, 0.29) is 24.4 Å². The van der Waals surface area contributed by atoms with Crippen molar-refractivity contribution in [3.63, 3.8) is 0 Å². The molecule has 0 bridgehead atoms. The fraction of sp³-hybridized carbons (Fsp3) is 0.333. The molecule has 3 aromatic carbocycles. The van der Waals surface area contributed by atoms with Crippen LogP contribution in [0.2, 0.25) is 0 Å². The lowest BCUT2D eigenvalue weighted by atomic mass is 9.99. The lowest BCUT2D eigenvalue weighted by Crippen LogP contribution is -2.58. The Labute approximate surface area is 192 Å². The summed E-state index contributed by atoms with van der Waals surface area (Å²) in [5.41, 5.74) is 2.90. The molecule has 7 atom stereocenters.